The Kier molecular flexibility index (Phi) is 5.49. The number of nitrogens with one attached hydrogen (secondary N) is 1. The number of hydrogen-bond acceptors (Lipinski definition) is 3. The fourth-order valence-electron chi connectivity index (χ4n) is 1.30. The van der Waals surface area contributed by atoms with Crippen molar-refractivity contribution in [1.82, 2.24) is 5.32 Å². The summed E-state index contributed by atoms with van der Waals surface area (Å²) in [5.74, 6) is 0.601. The van der Waals surface area contributed by atoms with E-state index in [9.17, 15) is 4.79 Å². The lowest BCUT2D eigenvalue weighted by Crippen LogP contribution is -2.35. The molecule has 0 aliphatic heterocycles. The molecule has 0 spiro atoms. The van der Waals surface area contributed by atoms with E-state index in [1.165, 1.54) is 0 Å². The monoisotopic (exact) mass is 236 g/mol. The van der Waals surface area contributed by atoms with E-state index in [0.717, 1.165) is 12.2 Å². The van der Waals surface area contributed by atoms with Crippen LogP contribution in [-0.4, -0.2) is 25.1 Å². The molecule has 0 bridgehead atoms. The van der Waals surface area contributed by atoms with Crippen LogP contribution >= 0.6 is 0 Å². The highest BCUT2D eigenvalue weighted by molar-refractivity contribution is 5.94. The van der Waals surface area contributed by atoms with E-state index in [2.05, 4.69) is 5.32 Å². The van der Waals surface area contributed by atoms with Gasteiger partial charge in [0, 0.05) is 18.2 Å². The van der Waals surface area contributed by atoms with Crippen LogP contribution in [0, 0.1) is 0 Å². The Morgan fingerprint density at radius 3 is 2.94 bits per heavy atom. The number of amides is 1. The van der Waals surface area contributed by atoms with Crippen LogP contribution in [0.25, 0.3) is 0 Å². The first-order chi connectivity index (χ1) is 8.13. The van der Waals surface area contributed by atoms with E-state index in [4.69, 9.17) is 10.5 Å². The summed E-state index contributed by atoms with van der Waals surface area (Å²) >= 11 is 0. The number of hydrogen-bond donors (Lipinski definition) is 2. The Bertz CT molecular complexity index is 364. The zero-order valence-electron chi connectivity index (χ0n) is 10.4. The molecule has 1 rings (SSSR count). The van der Waals surface area contributed by atoms with Gasteiger partial charge >= 0.3 is 0 Å². The van der Waals surface area contributed by atoms with Crippen LogP contribution in [0.1, 0.15) is 30.6 Å². The van der Waals surface area contributed by atoms with Crippen LogP contribution < -0.4 is 15.8 Å². The van der Waals surface area contributed by atoms with Gasteiger partial charge in [-0.05, 0) is 31.5 Å². The molecule has 1 atom stereocenters. The first-order valence-corrected chi connectivity index (χ1v) is 5.90. The Morgan fingerprint density at radius 2 is 2.29 bits per heavy atom. The molecule has 1 aromatic carbocycles. The smallest absolute Gasteiger partial charge is 0.251 e. The average Bonchev–Trinajstić information content (AvgIpc) is 2.33. The molecule has 3 N–H and O–H groups in total. The van der Waals surface area contributed by atoms with Crippen molar-refractivity contribution in [2.45, 2.75) is 26.3 Å². The quantitative estimate of drug-likeness (QED) is 0.787. The van der Waals surface area contributed by atoms with Crippen LogP contribution in [0.2, 0.25) is 0 Å². The highest BCUT2D eigenvalue weighted by Crippen LogP contribution is 2.13. The van der Waals surface area contributed by atoms with Gasteiger partial charge in [0.25, 0.3) is 5.91 Å². The van der Waals surface area contributed by atoms with Crippen LogP contribution in [-0.2, 0) is 0 Å². The van der Waals surface area contributed by atoms with Crippen molar-refractivity contribution < 1.29 is 9.53 Å². The van der Waals surface area contributed by atoms with E-state index >= 15 is 0 Å². The van der Waals surface area contributed by atoms with Crippen molar-refractivity contribution in [2.24, 2.45) is 5.73 Å². The second-order valence-electron chi connectivity index (χ2n) is 4.06. The Labute approximate surface area is 102 Å². The van der Waals surface area contributed by atoms with Gasteiger partial charge in [0.1, 0.15) is 5.75 Å². The lowest BCUT2D eigenvalue weighted by atomic mass is 10.2. The minimum Gasteiger partial charge on any atom is -0.494 e. The van der Waals surface area contributed by atoms with E-state index in [-0.39, 0.29) is 11.9 Å². The van der Waals surface area contributed by atoms with Crippen molar-refractivity contribution in [3.63, 3.8) is 0 Å². The van der Waals surface area contributed by atoms with Crippen molar-refractivity contribution in [3.8, 4) is 5.75 Å². The Morgan fingerprint density at radius 1 is 1.53 bits per heavy atom. The van der Waals surface area contributed by atoms with Gasteiger partial charge in [-0.25, -0.2) is 0 Å². The summed E-state index contributed by atoms with van der Waals surface area (Å²) in [7, 11) is 0. The largest absolute Gasteiger partial charge is 0.494 e. The summed E-state index contributed by atoms with van der Waals surface area (Å²) in [6.45, 7) is 5.02. The van der Waals surface area contributed by atoms with Crippen LogP contribution in [0.4, 0.5) is 0 Å². The molecule has 17 heavy (non-hydrogen) atoms. The first-order valence-electron chi connectivity index (χ1n) is 5.90. The normalized spacial score (nSPS) is 11.9. The van der Waals surface area contributed by atoms with Crippen molar-refractivity contribution in [1.29, 1.82) is 0 Å². The van der Waals surface area contributed by atoms with E-state index < -0.39 is 0 Å². The van der Waals surface area contributed by atoms with Gasteiger partial charge in [0.05, 0.1) is 6.61 Å². The topological polar surface area (TPSA) is 64.3 Å². The molecule has 0 heterocycles. The highest BCUT2D eigenvalue weighted by Gasteiger charge is 2.06. The summed E-state index contributed by atoms with van der Waals surface area (Å²) in [6, 6.07) is 7.11. The summed E-state index contributed by atoms with van der Waals surface area (Å²) in [4.78, 5) is 11.8. The highest BCUT2D eigenvalue weighted by atomic mass is 16.5. The van der Waals surface area contributed by atoms with Gasteiger partial charge in [-0.15, -0.1) is 0 Å². The third-order valence-corrected chi connectivity index (χ3v) is 2.15. The van der Waals surface area contributed by atoms with Crippen molar-refractivity contribution in [2.75, 3.05) is 13.2 Å². The molecule has 0 saturated heterocycles. The molecule has 1 aromatic rings. The minimum absolute atomic E-state index is 0.0431. The van der Waals surface area contributed by atoms with Crippen molar-refractivity contribution in [3.05, 3.63) is 29.8 Å². The van der Waals surface area contributed by atoms with Gasteiger partial charge < -0.3 is 15.8 Å². The molecule has 4 nitrogen and oxygen atoms in total. The maximum Gasteiger partial charge on any atom is 0.251 e. The summed E-state index contributed by atoms with van der Waals surface area (Å²) in [6.07, 6.45) is 0.946. The maximum atomic E-state index is 11.8. The molecular weight excluding hydrogens is 216 g/mol. The van der Waals surface area contributed by atoms with Crippen molar-refractivity contribution >= 4 is 5.91 Å². The lowest BCUT2D eigenvalue weighted by molar-refractivity contribution is 0.0951. The van der Waals surface area contributed by atoms with Gasteiger partial charge in [-0.3, -0.25) is 4.79 Å². The number of rotatable bonds is 6. The van der Waals surface area contributed by atoms with E-state index in [0.29, 0.717) is 18.7 Å². The molecule has 1 amide bonds. The molecule has 0 aromatic heterocycles. The van der Waals surface area contributed by atoms with Crippen LogP contribution in [0.5, 0.6) is 5.75 Å². The zero-order chi connectivity index (χ0) is 12.7. The molecule has 0 aliphatic carbocycles. The van der Waals surface area contributed by atoms with Gasteiger partial charge in [-0.1, -0.05) is 13.0 Å². The molecule has 4 heteroatoms. The van der Waals surface area contributed by atoms with Gasteiger partial charge in [-0.2, -0.15) is 0 Å². The molecule has 94 valence electrons. The predicted octanol–water partition coefficient (Wildman–Crippen LogP) is 1.55. The molecule has 0 saturated carbocycles. The third kappa shape index (κ3) is 4.87. The molecule has 0 aliphatic rings. The SMILES string of the molecule is CCCOc1cccc(C(=O)NCC(C)N)c1. The number of carbonyl (C=O) groups is 1. The predicted molar refractivity (Wildman–Crippen MR) is 68.2 cm³/mol. The van der Waals surface area contributed by atoms with Gasteiger partial charge in [0.15, 0.2) is 0 Å². The maximum absolute atomic E-state index is 11.8. The number of ether oxygens (including phenoxy) is 1. The van der Waals surface area contributed by atoms with E-state index in [1.54, 1.807) is 12.1 Å². The first kappa shape index (κ1) is 13.5. The average molecular weight is 236 g/mol. The van der Waals surface area contributed by atoms with Gasteiger partial charge in [0.2, 0.25) is 0 Å². The van der Waals surface area contributed by atoms with Crippen LogP contribution in [0.15, 0.2) is 24.3 Å². The fourth-order valence-corrected chi connectivity index (χ4v) is 1.30. The molecule has 0 fully saturated rings. The van der Waals surface area contributed by atoms with E-state index in [1.807, 2.05) is 26.0 Å². The van der Waals surface area contributed by atoms with Crippen LogP contribution in [0.3, 0.4) is 0 Å². The molecular formula is C13H20N2O2. The standard InChI is InChI=1S/C13H20N2O2/c1-3-7-17-12-6-4-5-11(8-12)13(16)15-9-10(2)14/h4-6,8,10H,3,7,9,14H2,1-2H3,(H,15,16). The molecule has 1 unspecified atom stereocenters. The fraction of sp³-hybridized carbons (Fsp3) is 0.462. The number of nitrogens with two attached hydrogens (primary N) is 1. The Hall–Kier alpha value is -1.55. The summed E-state index contributed by atoms with van der Waals surface area (Å²) < 4.78 is 5.47. The summed E-state index contributed by atoms with van der Waals surface area (Å²) in [5.41, 5.74) is 6.17. The lowest BCUT2D eigenvalue weighted by Gasteiger charge is -2.09. The zero-order valence-corrected chi connectivity index (χ0v) is 10.4. The minimum atomic E-state index is -0.121. The molecule has 0 radical (unpaired) electrons. The second-order valence-corrected chi connectivity index (χ2v) is 4.06. The number of benzene rings is 1. The third-order valence-electron chi connectivity index (χ3n) is 2.15. The Balaban J connectivity index is 2.60. The second kappa shape index (κ2) is 6.91. The number of carbonyl (C=O) groups excluding carboxylic acids is 1. The summed E-state index contributed by atoms with van der Waals surface area (Å²) in [5, 5.41) is 2.76.